The second kappa shape index (κ2) is 9.22. The molecule has 2 aromatic carbocycles. The standard InChI is InChI=1S/C28H31N5OS/c1-17-11-18(3-6-21(17)16-33-7-9-34-10-8-33)25-13-22-26(35-25)14-23-27(31-32-28(22)23)19-4-5-20(15-29)24(12-19)30-2/h3-6,11-13,15,23,28-30,32H,7-10,14,16H2,1-2H3. The molecule has 0 radical (unpaired) electrons. The minimum Gasteiger partial charge on any atom is -0.388 e. The van der Waals surface area contributed by atoms with Crippen molar-refractivity contribution in [2.45, 2.75) is 25.9 Å². The number of ether oxygens (including phenoxy) is 1. The lowest BCUT2D eigenvalue weighted by Crippen LogP contribution is -2.35. The number of fused-ring (bicyclic) bond motifs is 3. The summed E-state index contributed by atoms with van der Waals surface area (Å²) in [4.78, 5) is 5.29. The van der Waals surface area contributed by atoms with Gasteiger partial charge in [-0.25, -0.2) is 0 Å². The van der Waals surface area contributed by atoms with E-state index in [4.69, 9.17) is 15.2 Å². The van der Waals surface area contributed by atoms with Crippen LogP contribution in [0.2, 0.25) is 0 Å². The molecule has 6 nitrogen and oxygen atoms in total. The Morgan fingerprint density at radius 1 is 1.17 bits per heavy atom. The Kier molecular flexibility index (Phi) is 5.92. The quantitative estimate of drug-likeness (QED) is 0.438. The fourth-order valence-electron chi connectivity index (χ4n) is 5.54. The van der Waals surface area contributed by atoms with Gasteiger partial charge in [0.25, 0.3) is 0 Å². The van der Waals surface area contributed by atoms with Gasteiger partial charge in [-0.2, -0.15) is 5.10 Å². The molecule has 35 heavy (non-hydrogen) atoms. The summed E-state index contributed by atoms with van der Waals surface area (Å²) in [6.45, 7) is 6.94. The van der Waals surface area contributed by atoms with Crippen LogP contribution >= 0.6 is 11.3 Å². The number of rotatable bonds is 6. The Bertz CT molecular complexity index is 1310. The first kappa shape index (κ1) is 22.5. The lowest BCUT2D eigenvalue weighted by atomic mass is 9.91. The van der Waals surface area contributed by atoms with Gasteiger partial charge in [0, 0.05) is 65.4 Å². The molecule has 1 aliphatic carbocycles. The Morgan fingerprint density at radius 2 is 2.00 bits per heavy atom. The highest BCUT2D eigenvalue weighted by atomic mass is 32.1. The molecular formula is C28H31N5OS. The second-order valence-corrected chi connectivity index (χ2v) is 10.8. The molecule has 7 heteroatoms. The van der Waals surface area contributed by atoms with E-state index >= 15 is 0 Å². The van der Waals surface area contributed by atoms with Crippen LogP contribution in [0.5, 0.6) is 0 Å². The van der Waals surface area contributed by atoms with Gasteiger partial charge >= 0.3 is 0 Å². The molecule has 3 N–H and O–H groups in total. The van der Waals surface area contributed by atoms with E-state index in [2.05, 4.69) is 59.0 Å². The Labute approximate surface area is 210 Å². The molecular weight excluding hydrogens is 454 g/mol. The zero-order chi connectivity index (χ0) is 23.9. The number of nitrogens with zero attached hydrogens (tertiary/aromatic N) is 2. The molecule has 3 aliphatic rings. The number of hydrogen-bond donors (Lipinski definition) is 3. The highest BCUT2D eigenvalue weighted by Crippen LogP contribution is 2.47. The zero-order valence-corrected chi connectivity index (χ0v) is 21.0. The largest absolute Gasteiger partial charge is 0.388 e. The molecule has 0 bridgehead atoms. The molecule has 1 aromatic heterocycles. The van der Waals surface area contributed by atoms with Crippen molar-refractivity contribution in [3.63, 3.8) is 0 Å². The fourth-order valence-corrected chi connectivity index (χ4v) is 6.80. The maximum atomic E-state index is 7.61. The monoisotopic (exact) mass is 485 g/mol. The molecule has 2 aliphatic heterocycles. The van der Waals surface area contributed by atoms with Crippen LogP contribution in [0.25, 0.3) is 10.4 Å². The average Bonchev–Trinajstić information content (AvgIpc) is 3.57. The minimum atomic E-state index is 0.243. The predicted octanol–water partition coefficient (Wildman–Crippen LogP) is 4.82. The van der Waals surface area contributed by atoms with Gasteiger partial charge in [0.2, 0.25) is 0 Å². The van der Waals surface area contributed by atoms with Crippen molar-refractivity contribution in [2.75, 3.05) is 38.7 Å². The van der Waals surface area contributed by atoms with Gasteiger partial charge in [0.1, 0.15) is 0 Å². The van der Waals surface area contributed by atoms with Crippen molar-refractivity contribution >= 4 is 29.0 Å². The summed E-state index contributed by atoms with van der Waals surface area (Å²) in [5.41, 5.74) is 13.0. The first-order valence-corrected chi connectivity index (χ1v) is 13.1. The Balaban J connectivity index is 1.20. The maximum absolute atomic E-state index is 7.61. The highest BCUT2D eigenvalue weighted by Gasteiger charge is 2.41. The number of nitrogens with one attached hydrogen (secondary N) is 3. The van der Waals surface area contributed by atoms with E-state index in [0.717, 1.165) is 61.8 Å². The third kappa shape index (κ3) is 4.07. The minimum absolute atomic E-state index is 0.243. The number of thiophene rings is 1. The molecule has 1 fully saturated rings. The summed E-state index contributed by atoms with van der Waals surface area (Å²) in [6.07, 6.45) is 2.41. The van der Waals surface area contributed by atoms with Crippen molar-refractivity contribution in [1.82, 2.24) is 10.3 Å². The van der Waals surface area contributed by atoms with E-state index in [0.29, 0.717) is 5.92 Å². The van der Waals surface area contributed by atoms with Gasteiger partial charge in [-0.3, -0.25) is 4.90 Å². The number of hydrogen-bond acceptors (Lipinski definition) is 7. The van der Waals surface area contributed by atoms with Crippen molar-refractivity contribution in [3.05, 3.63) is 75.2 Å². The molecule has 1 saturated heterocycles. The van der Waals surface area contributed by atoms with Crippen LogP contribution in [0.4, 0.5) is 5.69 Å². The topological polar surface area (TPSA) is 72.7 Å². The van der Waals surface area contributed by atoms with Gasteiger partial charge in [0.15, 0.2) is 0 Å². The smallest absolute Gasteiger partial charge is 0.0788 e. The van der Waals surface area contributed by atoms with Gasteiger partial charge in [-0.1, -0.05) is 30.3 Å². The summed E-state index contributed by atoms with van der Waals surface area (Å²) in [6, 6.07) is 15.8. The lowest BCUT2D eigenvalue weighted by molar-refractivity contribution is 0.0341. The second-order valence-electron chi connectivity index (χ2n) is 9.63. The molecule has 0 saturated carbocycles. The maximum Gasteiger partial charge on any atom is 0.0788 e. The summed E-state index contributed by atoms with van der Waals surface area (Å²) in [7, 11) is 1.90. The van der Waals surface area contributed by atoms with Crippen LogP contribution < -0.4 is 10.7 Å². The fraction of sp³-hybridized carbons (Fsp3) is 0.357. The lowest BCUT2D eigenvalue weighted by Gasteiger charge is -2.27. The number of morpholine rings is 1. The van der Waals surface area contributed by atoms with E-state index in [1.165, 1.54) is 38.2 Å². The summed E-state index contributed by atoms with van der Waals surface area (Å²) >= 11 is 1.93. The van der Waals surface area contributed by atoms with E-state index < -0.39 is 0 Å². The van der Waals surface area contributed by atoms with Crippen LogP contribution in [0, 0.1) is 18.3 Å². The van der Waals surface area contributed by atoms with Crippen molar-refractivity contribution in [3.8, 4) is 10.4 Å². The van der Waals surface area contributed by atoms with Gasteiger partial charge in [-0.15, -0.1) is 11.3 Å². The number of benzene rings is 2. The zero-order valence-electron chi connectivity index (χ0n) is 20.2. The molecule has 180 valence electrons. The summed E-state index contributed by atoms with van der Waals surface area (Å²) < 4.78 is 5.49. The normalized spacial score (nSPS) is 21.3. The molecule has 3 aromatic rings. The van der Waals surface area contributed by atoms with Crippen LogP contribution in [0.3, 0.4) is 0 Å². The molecule has 6 rings (SSSR count). The van der Waals surface area contributed by atoms with Crippen LogP contribution in [-0.2, 0) is 17.7 Å². The highest BCUT2D eigenvalue weighted by molar-refractivity contribution is 7.15. The third-order valence-electron chi connectivity index (χ3n) is 7.56. The van der Waals surface area contributed by atoms with Crippen molar-refractivity contribution < 1.29 is 4.74 Å². The first-order chi connectivity index (χ1) is 17.1. The number of hydrazone groups is 1. The van der Waals surface area contributed by atoms with Crippen LogP contribution in [0.15, 0.2) is 47.6 Å². The van der Waals surface area contributed by atoms with Crippen molar-refractivity contribution in [2.24, 2.45) is 11.0 Å². The number of aryl methyl sites for hydroxylation is 1. The molecule has 0 amide bonds. The molecule has 3 heterocycles. The Morgan fingerprint density at radius 3 is 2.77 bits per heavy atom. The summed E-state index contributed by atoms with van der Waals surface area (Å²) in [5.74, 6) is 0.360. The van der Waals surface area contributed by atoms with Gasteiger partial charge < -0.3 is 20.9 Å². The summed E-state index contributed by atoms with van der Waals surface area (Å²) in [5, 5.41) is 15.6. The number of anilines is 1. The van der Waals surface area contributed by atoms with Gasteiger partial charge in [0.05, 0.1) is 25.0 Å². The van der Waals surface area contributed by atoms with E-state index in [1.807, 2.05) is 24.5 Å². The third-order valence-corrected chi connectivity index (χ3v) is 8.78. The van der Waals surface area contributed by atoms with Crippen LogP contribution in [0.1, 0.15) is 38.7 Å². The van der Waals surface area contributed by atoms with Gasteiger partial charge in [-0.05, 0) is 47.7 Å². The van der Waals surface area contributed by atoms with E-state index in [-0.39, 0.29) is 6.04 Å². The molecule has 0 spiro atoms. The molecule has 2 atom stereocenters. The van der Waals surface area contributed by atoms with E-state index in [9.17, 15) is 0 Å². The SMILES string of the molecule is CNc1cc(C2=NNC3c4cc(-c5ccc(CN6CCOCC6)c(C)c5)sc4CC23)ccc1C=N. The first-order valence-electron chi connectivity index (χ1n) is 12.3. The van der Waals surface area contributed by atoms with Crippen LogP contribution in [-0.4, -0.2) is 50.2 Å². The van der Waals surface area contributed by atoms with E-state index in [1.54, 1.807) is 0 Å². The molecule has 2 unspecified atom stereocenters. The van der Waals surface area contributed by atoms with Crippen molar-refractivity contribution in [1.29, 1.82) is 5.41 Å². The average molecular weight is 486 g/mol. The predicted molar refractivity (Wildman–Crippen MR) is 144 cm³/mol. The Hall–Kier alpha value is -3.00.